The van der Waals surface area contributed by atoms with Crippen LogP contribution in [0.3, 0.4) is 0 Å². The topological polar surface area (TPSA) is 69.0 Å². The molecule has 2 fully saturated rings. The molecule has 2 saturated carbocycles. The molecule has 1 N–H and O–H groups in total. The normalized spacial score (nSPS) is 17.4. The molecule has 184 valence electrons. The van der Waals surface area contributed by atoms with Crippen molar-refractivity contribution in [3.63, 3.8) is 0 Å². The molecule has 1 atom stereocenters. The Morgan fingerprint density at radius 1 is 1.11 bits per heavy atom. The average molecular weight is 481 g/mol. The highest BCUT2D eigenvalue weighted by Gasteiger charge is 2.48. The molecule has 2 aromatic carbocycles. The molecule has 0 radical (unpaired) electrons. The fourth-order valence-electron chi connectivity index (χ4n) is 5.89. The van der Waals surface area contributed by atoms with Crippen LogP contribution in [0.2, 0.25) is 0 Å². The smallest absolute Gasteiger partial charge is 0.253 e. The van der Waals surface area contributed by atoms with Crippen LogP contribution in [0.5, 0.6) is 5.88 Å². The molecule has 6 rings (SSSR count). The maximum absolute atomic E-state index is 13.3. The van der Waals surface area contributed by atoms with E-state index in [9.17, 15) is 4.79 Å². The first-order chi connectivity index (χ1) is 17.5. The second-order valence-electron chi connectivity index (χ2n) is 10.4. The van der Waals surface area contributed by atoms with Crippen molar-refractivity contribution < 1.29 is 9.53 Å². The Morgan fingerprint density at radius 2 is 1.89 bits per heavy atom. The molecule has 0 unspecified atom stereocenters. The van der Waals surface area contributed by atoms with E-state index in [1.54, 1.807) is 0 Å². The average Bonchev–Trinajstić information content (AvgIpc) is 3.29. The van der Waals surface area contributed by atoms with Crippen molar-refractivity contribution in [2.45, 2.75) is 58.0 Å². The SMILES string of the molecule is CCOc1cccc(-c2ccc([C@@H](C)n3ncc4cccc(C(=O)NC5CC6(CCC6)C5)c43)cc2)n1. The van der Waals surface area contributed by atoms with E-state index in [0.717, 1.165) is 40.6 Å². The van der Waals surface area contributed by atoms with Gasteiger partial charge in [-0.1, -0.05) is 48.9 Å². The molecule has 0 bridgehead atoms. The Hall–Kier alpha value is -3.67. The van der Waals surface area contributed by atoms with Gasteiger partial charge in [0.05, 0.1) is 35.6 Å². The molecule has 1 spiro atoms. The Kier molecular flexibility index (Phi) is 5.75. The number of fused-ring (bicyclic) bond motifs is 1. The van der Waals surface area contributed by atoms with Crippen molar-refractivity contribution >= 4 is 16.8 Å². The van der Waals surface area contributed by atoms with Gasteiger partial charge in [0.2, 0.25) is 5.88 Å². The van der Waals surface area contributed by atoms with Crippen molar-refractivity contribution in [3.8, 4) is 17.1 Å². The number of hydrogen-bond acceptors (Lipinski definition) is 4. The molecular formula is C30H32N4O2. The summed E-state index contributed by atoms with van der Waals surface area (Å²) in [6.45, 7) is 4.67. The Balaban J connectivity index is 1.24. The van der Waals surface area contributed by atoms with Crippen molar-refractivity contribution in [2.24, 2.45) is 5.41 Å². The first-order valence-electron chi connectivity index (χ1n) is 13.0. The number of carbonyl (C=O) groups excluding carboxylic acids is 1. The van der Waals surface area contributed by atoms with Gasteiger partial charge in [-0.25, -0.2) is 4.98 Å². The van der Waals surface area contributed by atoms with Crippen LogP contribution in [-0.2, 0) is 0 Å². The first-order valence-corrected chi connectivity index (χ1v) is 13.0. The number of para-hydroxylation sites is 1. The summed E-state index contributed by atoms with van der Waals surface area (Å²) in [6, 6.07) is 20.3. The van der Waals surface area contributed by atoms with Crippen LogP contribution in [0.25, 0.3) is 22.2 Å². The van der Waals surface area contributed by atoms with E-state index in [1.165, 1.54) is 19.3 Å². The fourth-order valence-corrected chi connectivity index (χ4v) is 5.89. The molecule has 2 heterocycles. The van der Waals surface area contributed by atoms with E-state index in [4.69, 9.17) is 9.84 Å². The van der Waals surface area contributed by atoms with Crippen LogP contribution in [0, 0.1) is 5.41 Å². The standard InChI is InChI=1S/C30H32N4O2/c1-3-36-27-10-5-9-26(33-27)22-13-11-21(12-14-22)20(2)34-28-23(19-31-34)7-4-8-25(28)29(35)32-24-17-30(18-24)15-6-16-30/h4-5,7-14,19-20,24H,3,6,15-18H2,1-2H3,(H,32,35)/t20-/m1/s1. The van der Waals surface area contributed by atoms with Gasteiger partial charge in [0.25, 0.3) is 5.91 Å². The molecule has 0 saturated heterocycles. The lowest BCUT2D eigenvalue weighted by atomic mass is 9.54. The summed E-state index contributed by atoms with van der Waals surface area (Å²) in [5, 5.41) is 8.96. The highest BCUT2D eigenvalue weighted by molar-refractivity contribution is 6.05. The van der Waals surface area contributed by atoms with Crippen LogP contribution in [0.4, 0.5) is 0 Å². The van der Waals surface area contributed by atoms with Crippen molar-refractivity contribution in [1.29, 1.82) is 0 Å². The third kappa shape index (κ3) is 4.04. The molecule has 6 nitrogen and oxygen atoms in total. The van der Waals surface area contributed by atoms with Gasteiger partial charge in [0, 0.05) is 23.1 Å². The van der Waals surface area contributed by atoms with Crippen LogP contribution in [0.15, 0.2) is 66.9 Å². The molecule has 2 aromatic heterocycles. The first kappa shape index (κ1) is 22.8. The van der Waals surface area contributed by atoms with Crippen molar-refractivity contribution in [3.05, 3.63) is 78.0 Å². The van der Waals surface area contributed by atoms with E-state index in [1.807, 2.05) is 54.2 Å². The number of benzene rings is 2. The summed E-state index contributed by atoms with van der Waals surface area (Å²) in [7, 11) is 0. The number of amides is 1. The molecule has 6 heteroatoms. The number of aromatic nitrogens is 3. The van der Waals surface area contributed by atoms with E-state index >= 15 is 0 Å². The minimum atomic E-state index is -0.0323. The molecule has 2 aliphatic carbocycles. The summed E-state index contributed by atoms with van der Waals surface area (Å²) in [5.74, 6) is 0.635. The van der Waals surface area contributed by atoms with Gasteiger partial charge >= 0.3 is 0 Å². The molecule has 4 aromatic rings. The minimum Gasteiger partial charge on any atom is -0.478 e. The van der Waals surface area contributed by atoms with Crippen LogP contribution >= 0.6 is 0 Å². The summed E-state index contributed by atoms with van der Waals surface area (Å²) in [6.07, 6.45) is 8.09. The maximum atomic E-state index is 13.3. The highest BCUT2D eigenvalue weighted by Crippen LogP contribution is 2.55. The molecule has 36 heavy (non-hydrogen) atoms. The van der Waals surface area contributed by atoms with E-state index in [2.05, 4.69) is 41.5 Å². The Labute approximate surface area is 211 Å². The molecule has 1 amide bonds. The number of carbonyl (C=O) groups is 1. The van der Waals surface area contributed by atoms with Gasteiger partial charge in [0.1, 0.15) is 0 Å². The van der Waals surface area contributed by atoms with Gasteiger partial charge in [0.15, 0.2) is 0 Å². The quantitative estimate of drug-likeness (QED) is 0.343. The van der Waals surface area contributed by atoms with Gasteiger partial charge in [-0.05, 0) is 62.6 Å². The number of nitrogens with one attached hydrogen (secondary N) is 1. The van der Waals surface area contributed by atoms with Crippen LogP contribution in [0.1, 0.15) is 67.9 Å². The predicted octanol–water partition coefficient (Wildman–Crippen LogP) is 6.17. The van der Waals surface area contributed by atoms with E-state index in [0.29, 0.717) is 29.5 Å². The number of rotatable bonds is 7. The lowest BCUT2D eigenvalue weighted by Gasteiger charge is -2.54. The third-order valence-corrected chi connectivity index (χ3v) is 8.04. The minimum absolute atomic E-state index is 0.00401. The Morgan fingerprint density at radius 3 is 2.61 bits per heavy atom. The molecular weight excluding hydrogens is 448 g/mol. The zero-order valence-corrected chi connectivity index (χ0v) is 20.9. The Bertz CT molecular complexity index is 1400. The number of nitrogens with zero attached hydrogens (tertiary/aromatic N) is 3. The summed E-state index contributed by atoms with van der Waals surface area (Å²) >= 11 is 0. The second-order valence-corrected chi connectivity index (χ2v) is 10.4. The number of hydrogen-bond donors (Lipinski definition) is 1. The molecule has 0 aliphatic heterocycles. The van der Waals surface area contributed by atoms with Gasteiger partial charge in [-0.2, -0.15) is 5.10 Å². The van der Waals surface area contributed by atoms with Gasteiger partial charge in [-0.15, -0.1) is 0 Å². The lowest BCUT2D eigenvalue weighted by molar-refractivity contribution is -0.000604. The van der Waals surface area contributed by atoms with Crippen LogP contribution < -0.4 is 10.1 Å². The van der Waals surface area contributed by atoms with Crippen molar-refractivity contribution in [1.82, 2.24) is 20.1 Å². The van der Waals surface area contributed by atoms with Crippen molar-refractivity contribution in [2.75, 3.05) is 6.61 Å². The fraction of sp³-hybridized carbons (Fsp3) is 0.367. The largest absolute Gasteiger partial charge is 0.478 e. The van der Waals surface area contributed by atoms with Gasteiger partial charge < -0.3 is 10.1 Å². The summed E-state index contributed by atoms with van der Waals surface area (Å²) in [5.41, 5.74) is 5.14. The van der Waals surface area contributed by atoms with Gasteiger partial charge in [-0.3, -0.25) is 9.48 Å². The monoisotopic (exact) mass is 480 g/mol. The third-order valence-electron chi connectivity index (χ3n) is 8.04. The second kappa shape index (κ2) is 9.08. The summed E-state index contributed by atoms with van der Waals surface area (Å²) < 4.78 is 7.52. The zero-order chi connectivity index (χ0) is 24.7. The number of ether oxygens (including phenoxy) is 1. The zero-order valence-electron chi connectivity index (χ0n) is 20.9. The van der Waals surface area contributed by atoms with E-state index < -0.39 is 0 Å². The predicted molar refractivity (Wildman–Crippen MR) is 141 cm³/mol. The molecule has 2 aliphatic rings. The van der Waals surface area contributed by atoms with Crippen LogP contribution in [-0.4, -0.2) is 33.3 Å². The summed E-state index contributed by atoms with van der Waals surface area (Å²) in [4.78, 5) is 17.9. The van der Waals surface area contributed by atoms with E-state index in [-0.39, 0.29) is 11.9 Å². The highest BCUT2D eigenvalue weighted by atomic mass is 16.5. The maximum Gasteiger partial charge on any atom is 0.253 e. The lowest BCUT2D eigenvalue weighted by Crippen LogP contribution is -2.53. The number of pyridine rings is 1.